The molecular formula is C14H27N5O2. The van der Waals surface area contributed by atoms with E-state index in [0.29, 0.717) is 25.6 Å². The molecule has 1 fully saturated rings. The van der Waals surface area contributed by atoms with Crippen LogP contribution < -0.4 is 16.4 Å². The van der Waals surface area contributed by atoms with Crippen LogP contribution in [-0.4, -0.2) is 49.0 Å². The van der Waals surface area contributed by atoms with Gasteiger partial charge >= 0.3 is 6.03 Å². The van der Waals surface area contributed by atoms with Gasteiger partial charge in [-0.3, -0.25) is 14.7 Å². The van der Waals surface area contributed by atoms with Gasteiger partial charge in [-0.05, 0) is 6.42 Å². The molecular weight excluding hydrogens is 270 g/mol. The van der Waals surface area contributed by atoms with Crippen molar-refractivity contribution in [3.05, 3.63) is 0 Å². The van der Waals surface area contributed by atoms with E-state index in [1.54, 1.807) is 0 Å². The second kappa shape index (κ2) is 10.0. The van der Waals surface area contributed by atoms with Crippen molar-refractivity contribution in [2.75, 3.05) is 26.2 Å². The third-order valence-electron chi connectivity index (χ3n) is 3.37. The zero-order chi connectivity index (χ0) is 15.5. The Hall–Kier alpha value is -1.79. The lowest BCUT2D eigenvalue weighted by Crippen LogP contribution is -2.41. The Morgan fingerprint density at radius 3 is 2.67 bits per heavy atom. The SMILES string of the molecule is CCCCCCCCN=C(N)NCCN1C(=O)CNC1=O. The van der Waals surface area contributed by atoms with Gasteiger partial charge < -0.3 is 16.4 Å². The number of carbonyl (C=O) groups is 2. The molecule has 0 aromatic carbocycles. The smallest absolute Gasteiger partial charge is 0.324 e. The van der Waals surface area contributed by atoms with E-state index in [2.05, 4.69) is 22.5 Å². The van der Waals surface area contributed by atoms with Crippen LogP contribution >= 0.6 is 0 Å². The maximum absolute atomic E-state index is 11.3. The number of hydrogen-bond acceptors (Lipinski definition) is 3. The number of urea groups is 1. The molecule has 0 bridgehead atoms. The number of amides is 3. The lowest BCUT2D eigenvalue weighted by Gasteiger charge is -2.12. The van der Waals surface area contributed by atoms with Crippen molar-refractivity contribution in [2.45, 2.75) is 45.4 Å². The molecule has 0 aliphatic carbocycles. The molecule has 3 amide bonds. The number of nitrogens with zero attached hydrogens (tertiary/aromatic N) is 2. The summed E-state index contributed by atoms with van der Waals surface area (Å²) in [7, 11) is 0. The van der Waals surface area contributed by atoms with E-state index >= 15 is 0 Å². The molecule has 1 aliphatic rings. The van der Waals surface area contributed by atoms with Gasteiger partial charge in [0, 0.05) is 19.6 Å². The molecule has 7 nitrogen and oxygen atoms in total. The van der Waals surface area contributed by atoms with Crippen molar-refractivity contribution in [2.24, 2.45) is 10.7 Å². The van der Waals surface area contributed by atoms with Crippen molar-refractivity contribution >= 4 is 17.9 Å². The van der Waals surface area contributed by atoms with E-state index in [-0.39, 0.29) is 18.5 Å². The monoisotopic (exact) mass is 297 g/mol. The van der Waals surface area contributed by atoms with E-state index in [9.17, 15) is 9.59 Å². The highest BCUT2D eigenvalue weighted by molar-refractivity contribution is 6.01. The predicted octanol–water partition coefficient (Wildman–Crippen LogP) is 0.803. The summed E-state index contributed by atoms with van der Waals surface area (Å²) in [5.41, 5.74) is 5.73. The van der Waals surface area contributed by atoms with E-state index in [1.807, 2.05) is 0 Å². The van der Waals surface area contributed by atoms with Crippen LogP contribution in [0.15, 0.2) is 4.99 Å². The van der Waals surface area contributed by atoms with Crippen LogP contribution in [0.25, 0.3) is 0 Å². The Labute approximate surface area is 126 Å². The average molecular weight is 297 g/mol. The minimum absolute atomic E-state index is 0.0838. The molecule has 0 saturated carbocycles. The maximum Gasteiger partial charge on any atom is 0.324 e. The highest BCUT2D eigenvalue weighted by Gasteiger charge is 2.27. The van der Waals surface area contributed by atoms with Gasteiger partial charge in [-0.25, -0.2) is 4.79 Å². The quantitative estimate of drug-likeness (QED) is 0.240. The summed E-state index contributed by atoms with van der Waals surface area (Å²) in [4.78, 5) is 28.0. The standard InChI is InChI=1S/C14H27N5O2/c1-2-3-4-5-6-7-8-16-13(15)17-9-10-19-12(20)11-18-14(19)21/h2-11H2,1H3,(H,18,21)(H3,15,16,17). The molecule has 4 N–H and O–H groups in total. The molecule has 7 heteroatoms. The normalized spacial score (nSPS) is 15.5. The van der Waals surface area contributed by atoms with E-state index < -0.39 is 0 Å². The van der Waals surface area contributed by atoms with Crippen LogP contribution in [0.4, 0.5) is 4.79 Å². The summed E-state index contributed by atoms with van der Waals surface area (Å²) in [6.07, 6.45) is 7.32. The molecule has 0 radical (unpaired) electrons. The summed E-state index contributed by atoms with van der Waals surface area (Å²) < 4.78 is 0. The van der Waals surface area contributed by atoms with Gasteiger partial charge in [0.2, 0.25) is 5.91 Å². The Morgan fingerprint density at radius 1 is 1.29 bits per heavy atom. The Morgan fingerprint density at radius 2 is 2.00 bits per heavy atom. The minimum atomic E-state index is -0.343. The lowest BCUT2D eigenvalue weighted by atomic mass is 10.1. The van der Waals surface area contributed by atoms with Crippen molar-refractivity contribution < 1.29 is 9.59 Å². The third-order valence-corrected chi connectivity index (χ3v) is 3.37. The zero-order valence-corrected chi connectivity index (χ0v) is 12.9. The molecule has 1 aliphatic heterocycles. The van der Waals surface area contributed by atoms with E-state index in [1.165, 1.54) is 37.0 Å². The fourth-order valence-electron chi connectivity index (χ4n) is 2.12. The number of carbonyl (C=O) groups excluding carboxylic acids is 2. The number of unbranched alkanes of at least 4 members (excludes halogenated alkanes) is 5. The maximum atomic E-state index is 11.3. The molecule has 0 unspecified atom stereocenters. The first-order chi connectivity index (χ1) is 10.1. The Bertz CT molecular complexity index is 354. The van der Waals surface area contributed by atoms with Gasteiger partial charge in [-0.15, -0.1) is 0 Å². The van der Waals surface area contributed by atoms with Crippen LogP contribution in [0, 0.1) is 0 Å². The number of imide groups is 1. The summed E-state index contributed by atoms with van der Waals surface area (Å²) in [5.74, 6) is 0.167. The lowest BCUT2D eigenvalue weighted by molar-refractivity contribution is -0.124. The van der Waals surface area contributed by atoms with Crippen molar-refractivity contribution in [3.8, 4) is 0 Å². The molecule has 1 saturated heterocycles. The first-order valence-corrected chi connectivity index (χ1v) is 7.77. The number of aliphatic imine (C=N–C) groups is 1. The summed E-state index contributed by atoms with van der Waals surface area (Å²) in [5, 5.41) is 5.38. The molecule has 1 heterocycles. The van der Waals surface area contributed by atoms with E-state index in [0.717, 1.165) is 6.42 Å². The predicted molar refractivity (Wildman–Crippen MR) is 83.0 cm³/mol. The second-order valence-electron chi connectivity index (χ2n) is 5.17. The average Bonchev–Trinajstić information content (AvgIpc) is 2.78. The third kappa shape index (κ3) is 6.97. The zero-order valence-electron chi connectivity index (χ0n) is 12.9. The van der Waals surface area contributed by atoms with Gasteiger partial charge in [0.15, 0.2) is 5.96 Å². The Kier molecular flexibility index (Phi) is 8.23. The number of nitrogens with two attached hydrogens (primary N) is 1. The summed E-state index contributed by atoms with van der Waals surface area (Å²) >= 11 is 0. The van der Waals surface area contributed by atoms with Crippen molar-refractivity contribution in [1.82, 2.24) is 15.5 Å². The number of rotatable bonds is 10. The number of nitrogens with one attached hydrogen (secondary N) is 2. The number of guanidine groups is 1. The minimum Gasteiger partial charge on any atom is -0.370 e. The molecule has 0 spiro atoms. The molecule has 21 heavy (non-hydrogen) atoms. The highest BCUT2D eigenvalue weighted by Crippen LogP contribution is 2.04. The molecule has 1 rings (SSSR count). The van der Waals surface area contributed by atoms with Gasteiger partial charge in [0.05, 0.1) is 6.54 Å². The summed E-state index contributed by atoms with van der Waals surface area (Å²) in [6, 6.07) is -0.343. The fraction of sp³-hybridized carbons (Fsp3) is 0.786. The Balaban J connectivity index is 2.04. The van der Waals surface area contributed by atoms with Gasteiger partial charge in [0.25, 0.3) is 0 Å². The molecule has 0 aromatic rings. The fourth-order valence-corrected chi connectivity index (χ4v) is 2.12. The van der Waals surface area contributed by atoms with Gasteiger partial charge in [0.1, 0.15) is 0 Å². The molecule has 120 valence electrons. The molecule has 0 atom stereocenters. The van der Waals surface area contributed by atoms with Crippen molar-refractivity contribution in [3.63, 3.8) is 0 Å². The van der Waals surface area contributed by atoms with Crippen LogP contribution in [0.3, 0.4) is 0 Å². The van der Waals surface area contributed by atoms with Crippen LogP contribution in [0.2, 0.25) is 0 Å². The van der Waals surface area contributed by atoms with Crippen LogP contribution in [-0.2, 0) is 4.79 Å². The largest absolute Gasteiger partial charge is 0.370 e. The van der Waals surface area contributed by atoms with E-state index in [4.69, 9.17) is 5.73 Å². The van der Waals surface area contributed by atoms with Gasteiger partial charge in [-0.2, -0.15) is 0 Å². The first-order valence-electron chi connectivity index (χ1n) is 7.77. The highest BCUT2D eigenvalue weighted by atomic mass is 16.2. The van der Waals surface area contributed by atoms with Crippen molar-refractivity contribution in [1.29, 1.82) is 0 Å². The topological polar surface area (TPSA) is 99.8 Å². The summed E-state index contributed by atoms with van der Waals surface area (Å²) in [6.45, 7) is 3.73. The second-order valence-corrected chi connectivity index (χ2v) is 5.17. The first kappa shape index (κ1) is 17.3. The number of hydrogen-bond donors (Lipinski definition) is 3. The van der Waals surface area contributed by atoms with Crippen LogP contribution in [0.5, 0.6) is 0 Å². The van der Waals surface area contributed by atoms with Crippen LogP contribution in [0.1, 0.15) is 45.4 Å². The molecule has 0 aromatic heterocycles. The van der Waals surface area contributed by atoms with Gasteiger partial charge in [-0.1, -0.05) is 39.0 Å².